The maximum absolute atomic E-state index is 12.5. The fraction of sp³-hybridized carbons (Fsp3) is 0.200. The van der Waals surface area contributed by atoms with Crippen molar-refractivity contribution in [3.8, 4) is 0 Å². The van der Waals surface area contributed by atoms with Crippen LogP contribution in [0.3, 0.4) is 0 Å². The van der Waals surface area contributed by atoms with Crippen LogP contribution < -0.4 is 10.6 Å². The van der Waals surface area contributed by atoms with Crippen molar-refractivity contribution < 1.29 is 18.0 Å². The standard InChI is InChI=1S/C20H22ClN3O4S/c1-3-12-22-20(26)16-9-5-7-11-18(16)23-19(25)14-24(29(2,27)28)13-15-8-4-6-10-17(15)21/h3-11H,1,12-14H2,2H3,(H,22,26)(H,23,25). The average molecular weight is 436 g/mol. The molecule has 0 aliphatic rings. The molecule has 0 spiro atoms. The summed E-state index contributed by atoms with van der Waals surface area (Å²) in [5.41, 5.74) is 1.13. The SMILES string of the molecule is C=CCNC(=O)c1ccccc1NC(=O)CN(Cc1ccccc1Cl)S(C)(=O)=O. The molecule has 0 heterocycles. The lowest BCUT2D eigenvalue weighted by molar-refractivity contribution is -0.116. The number of carbonyl (C=O) groups is 2. The van der Waals surface area contributed by atoms with Crippen LogP contribution in [0.15, 0.2) is 61.2 Å². The van der Waals surface area contributed by atoms with Crippen molar-refractivity contribution in [1.29, 1.82) is 0 Å². The number of nitrogens with zero attached hydrogens (tertiary/aromatic N) is 1. The normalized spacial score (nSPS) is 11.1. The van der Waals surface area contributed by atoms with E-state index in [4.69, 9.17) is 11.6 Å². The van der Waals surface area contributed by atoms with Crippen LogP contribution in [0.5, 0.6) is 0 Å². The van der Waals surface area contributed by atoms with Gasteiger partial charge in [0.1, 0.15) is 0 Å². The quantitative estimate of drug-likeness (QED) is 0.592. The molecule has 0 fully saturated rings. The predicted octanol–water partition coefficient (Wildman–Crippen LogP) is 2.66. The Morgan fingerprint density at radius 2 is 1.79 bits per heavy atom. The van der Waals surface area contributed by atoms with E-state index in [1.165, 1.54) is 6.08 Å². The molecular formula is C20H22ClN3O4S. The van der Waals surface area contributed by atoms with Gasteiger partial charge in [-0.15, -0.1) is 6.58 Å². The zero-order valence-electron chi connectivity index (χ0n) is 15.9. The van der Waals surface area contributed by atoms with Gasteiger partial charge >= 0.3 is 0 Å². The van der Waals surface area contributed by atoms with Gasteiger partial charge in [0.05, 0.1) is 24.1 Å². The largest absolute Gasteiger partial charge is 0.349 e. The first kappa shape index (κ1) is 22.6. The maximum Gasteiger partial charge on any atom is 0.253 e. The first-order chi connectivity index (χ1) is 13.7. The number of nitrogens with one attached hydrogen (secondary N) is 2. The highest BCUT2D eigenvalue weighted by Crippen LogP contribution is 2.19. The summed E-state index contributed by atoms with van der Waals surface area (Å²) in [6, 6.07) is 13.3. The Kier molecular flexibility index (Phi) is 7.95. The van der Waals surface area contributed by atoms with Crippen molar-refractivity contribution in [3.63, 3.8) is 0 Å². The number of para-hydroxylation sites is 1. The number of halogens is 1. The highest BCUT2D eigenvalue weighted by atomic mass is 35.5. The number of hydrogen-bond acceptors (Lipinski definition) is 4. The summed E-state index contributed by atoms with van der Waals surface area (Å²) in [5.74, 6) is -0.955. The second-order valence-corrected chi connectivity index (χ2v) is 8.60. The first-order valence-corrected chi connectivity index (χ1v) is 10.9. The van der Waals surface area contributed by atoms with Crippen LogP contribution in [-0.4, -0.2) is 43.9 Å². The molecule has 7 nitrogen and oxygen atoms in total. The minimum atomic E-state index is -3.68. The molecule has 2 aromatic rings. The predicted molar refractivity (Wildman–Crippen MR) is 114 cm³/mol. The molecule has 0 aliphatic carbocycles. The maximum atomic E-state index is 12.5. The van der Waals surface area contributed by atoms with Crippen molar-refractivity contribution in [1.82, 2.24) is 9.62 Å². The van der Waals surface area contributed by atoms with E-state index in [2.05, 4.69) is 17.2 Å². The minimum Gasteiger partial charge on any atom is -0.349 e. The lowest BCUT2D eigenvalue weighted by atomic mass is 10.1. The summed E-state index contributed by atoms with van der Waals surface area (Å²) < 4.78 is 25.3. The van der Waals surface area contributed by atoms with Crippen LogP contribution in [0.2, 0.25) is 5.02 Å². The highest BCUT2D eigenvalue weighted by molar-refractivity contribution is 7.88. The van der Waals surface area contributed by atoms with Gasteiger partial charge in [0.25, 0.3) is 5.91 Å². The average Bonchev–Trinajstić information content (AvgIpc) is 2.67. The fourth-order valence-electron chi connectivity index (χ4n) is 2.51. The zero-order chi connectivity index (χ0) is 21.4. The van der Waals surface area contributed by atoms with E-state index in [1.807, 2.05) is 0 Å². The summed E-state index contributed by atoms with van der Waals surface area (Å²) in [4.78, 5) is 24.8. The van der Waals surface area contributed by atoms with Gasteiger partial charge in [0, 0.05) is 18.1 Å². The molecule has 2 rings (SSSR count). The fourth-order valence-corrected chi connectivity index (χ4v) is 3.43. The van der Waals surface area contributed by atoms with E-state index in [0.717, 1.165) is 10.6 Å². The third-order valence-electron chi connectivity index (χ3n) is 3.95. The van der Waals surface area contributed by atoms with Gasteiger partial charge in [0.15, 0.2) is 0 Å². The molecule has 0 bridgehead atoms. The Balaban J connectivity index is 2.16. The first-order valence-electron chi connectivity index (χ1n) is 8.69. The van der Waals surface area contributed by atoms with E-state index in [0.29, 0.717) is 10.6 Å². The van der Waals surface area contributed by atoms with Gasteiger partial charge in [-0.1, -0.05) is 48.0 Å². The van der Waals surface area contributed by atoms with Crippen LogP contribution in [0, 0.1) is 0 Å². The van der Waals surface area contributed by atoms with Crippen LogP contribution >= 0.6 is 11.6 Å². The molecule has 0 radical (unpaired) electrons. The second kappa shape index (κ2) is 10.2. The molecule has 9 heteroatoms. The summed E-state index contributed by atoms with van der Waals surface area (Å²) in [6.45, 7) is 3.34. The van der Waals surface area contributed by atoms with E-state index in [-0.39, 0.29) is 30.2 Å². The summed E-state index contributed by atoms with van der Waals surface area (Å²) in [6.07, 6.45) is 2.56. The van der Waals surface area contributed by atoms with Crippen LogP contribution in [0.4, 0.5) is 5.69 Å². The summed E-state index contributed by atoms with van der Waals surface area (Å²) >= 11 is 6.11. The molecular weight excluding hydrogens is 414 g/mol. The minimum absolute atomic E-state index is 0.0482. The van der Waals surface area contributed by atoms with Gasteiger partial charge < -0.3 is 10.6 Å². The topological polar surface area (TPSA) is 95.6 Å². The van der Waals surface area contributed by atoms with E-state index in [1.54, 1.807) is 48.5 Å². The van der Waals surface area contributed by atoms with E-state index in [9.17, 15) is 18.0 Å². The van der Waals surface area contributed by atoms with Crippen LogP contribution in [0.1, 0.15) is 15.9 Å². The molecule has 0 saturated heterocycles. The number of hydrogen-bond donors (Lipinski definition) is 2. The van der Waals surface area contributed by atoms with Crippen molar-refractivity contribution in [2.45, 2.75) is 6.54 Å². The molecule has 0 atom stereocenters. The summed E-state index contributed by atoms with van der Waals surface area (Å²) in [7, 11) is -3.68. The molecule has 0 saturated carbocycles. The van der Waals surface area contributed by atoms with Gasteiger partial charge in [-0.3, -0.25) is 9.59 Å². The number of rotatable bonds is 9. The third kappa shape index (κ3) is 6.70. The van der Waals surface area contributed by atoms with Crippen molar-refractivity contribution in [2.75, 3.05) is 24.7 Å². The molecule has 29 heavy (non-hydrogen) atoms. The number of benzene rings is 2. The molecule has 0 aliphatic heterocycles. The Morgan fingerprint density at radius 1 is 1.14 bits per heavy atom. The van der Waals surface area contributed by atoms with Crippen molar-refractivity contribution >= 4 is 39.1 Å². The number of amides is 2. The molecule has 2 amide bonds. The Morgan fingerprint density at radius 3 is 2.45 bits per heavy atom. The zero-order valence-corrected chi connectivity index (χ0v) is 17.5. The lowest BCUT2D eigenvalue weighted by Gasteiger charge is -2.20. The Hall–Kier alpha value is -2.68. The Labute approximate surface area is 175 Å². The molecule has 2 aromatic carbocycles. The van der Waals surface area contributed by atoms with Gasteiger partial charge in [-0.2, -0.15) is 4.31 Å². The van der Waals surface area contributed by atoms with E-state index >= 15 is 0 Å². The van der Waals surface area contributed by atoms with E-state index < -0.39 is 22.5 Å². The third-order valence-corrected chi connectivity index (χ3v) is 5.51. The van der Waals surface area contributed by atoms with Crippen LogP contribution in [0.25, 0.3) is 0 Å². The number of sulfonamides is 1. The Bertz CT molecular complexity index is 1010. The molecule has 0 unspecified atom stereocenters. The lowest BCUT2D eigenvalue weighted by Crippen LogP contribution is -2.37. The number of carbonyl (C=O) groups excluding carboxylic acids is 2. The number of anilines is 1. The van der Waals surface area contributed by atoms with Gasteiger partial charge in [-0.05, 0) is 23.8 Å². The molecule has 154 valence electrons. The van der Waals surface area contributed by atoms with Crippen LogP contribution in [-0.2, 0) is 21.4 Å². The second-order valence-electron chi connectivity index (χ2n) is 6.21. The monoisotopic (exact) mass is 435 g/mol. The summed E-state index contributed by atoms with van der Waals surface area (Å²) in [5, 5.41) is 5.65. The highest BCUT2D eigenvalue weighted by Gasteiger charge is 2.22. The van der Waals surface area contributed by atoms with Crippen molar-refractivity contribution in [3.05, 3.63) is 77.3 Å². The van der Waals surface area contributed by atoms with Crippen molar-refractivity contribution in [2.24, 2.45) is 0 Å². The smallest absolute Gasteiger partial charge is 0.253 e. The van der Waals surface area contributed by atoms with Gasteiger partial charge in [0.2, 0.25) is 15.9 Å². The van der Waals surface area contributed by atoms with Gasteiger partial charge in [-0.25, -0.2) is 8.42 Å². The molecule has 0 aromatic heterocycles. The molecule has 2 N–H and O–H groups in total.